The molecule has 2 atom stereocenters. The van der Waals surface area contributed by atoms with Gasteiger partial charge in [-0.25, -0.2) is 8.42 Å². The standard InChI is InChI=1S/C11H17BrF3NO2S/c12-8-6-9-2-3-10(7-8)16(9)19(17,18)5-1-4-11(13,14)15/h8-10H,1-7H2. The molecule has 0 radical (unpaired) electrons. The zero-order chi connectivity index (χ0) is 14.3. The van der Waals surface area contributed by atoms with Crippen LogP contribution >= 0.6 is 15.9 Å². The van der Waals surface area contributed by atoms with Crippen molar-refractivity contribution in [3.63, 3.8) is 0 Å². The molecule has 2 saturated heterocycles. The number of piperidine rings is 1. The van der Waals surface area contributed by atoms with Crippen LogP contribution in [0.2, 0.25) is 0 Å². The molecule has 112 valence electrons. The molecule has 2 fully saturated rings. The van der Waals surface area contributed by atoms with Crippen LogP contribution in [-0.4, -0.2) is 41.6 Å². The van der Waals surface area contributed by atoms with Gasteiger partial charge in [-0.2, -0.15) is 17.5 Å². The lowest BCUT2D eigenvalue weighted by Crippen LogP contribution is -2.47. The van der Waals surface area contributed by atoms with Gasteiger partial charge in [-0.3, -0.25) is 0 Å². The lowest BCUT2D eigenvalue weighted by molar-refractivity contribution is -0.134. The Hall–Kier alpha value is 0.180. The van der Waals surface area contributed by atoms with Gasteiger partial charge in [-0.15, -0.1) is 0 Å². The molecule has 0 N–H and O–H groups in total. The Kier molecular flexibility index (Phi) is 4.52. The fourth-order valence-corrected chi connectivity index (χ4v) is 5.96. The van der Waals surface area contributed by atoms with Crippen LogP contribution in [0.15, 0.2) is 0 Å². The van der Waals surface area contributed by atoms with Crippen LogP contribution in [0, 0.1) is 0 Å². The van der Waals surface area contributed by atoms with E-state index in [9.17, 15) is 21.6 Å². The molecule has 2 heterocycles. The van der Waals surface area contributed by atoms with Crippen molar-refractivity contribution in [3.8, 4) is 0 Å². The van der Waals surface area contributed by atoms with E-state index in [0.717, 1.165) is 25.7 Å². The number of hydrogen-bond donors (Lipinski definition) is 0. The Bertz CT molecular complexity index is 412. The third-order valence-corrected chi connectivity index (χ3v) is 6.58. The molecule has 3 nitrogen and oxygen atoms in total. The summed E-state index contributed by atoms with van der Waals surface area (Å²) < 4.78 is 62.1. The van der Waals surface area contributed by atoms with Gasteiger partial charge in [0.25, 0.3) is 0 Å². The van der Waals surface area contributed by atoms with Gasteiger partial charge >= 0.3 is 6.18 Å². The number of sulfonamides is 1. The van der Waals surface area contributed by atoms with Crippen LogP contribution < -0.4 is 0 Å². The van der Waals surface area contributed by atoms with Crippen LogP contribution in [-0.2, 0) is 10.0 Å². The minimum Gasteiger partial charge on any atom is -0.212 e. The molecular formula is C11H17BrF3NO2S. The number of rotatable bonds is 4. The van der Waals surface area contributed by atoms with Crippen molar-refractivity contribution in [1.29, 1.82) is 0 Å². The van der Waals surface area contributed by atoms with Crippen LogP contribution in [0.1, 0.15) is 38.5 Å². The van der Waals surface area contributed by atoms with E-state index in [-0.39, 0.29) is 18.5 Å². The molecule has 0 aromatic heterocycles. The van der Waals surface area contributed by atoms with Crippen molar-refractivity contribution in [2.75, 3.05) is 5.75 Å². The SMILES string of the molecule is O=S(=O)(CCCC(F)(F)F)N1C2CCC1CC(Br)C2. The summed E-state index contributed by atoms with van der Waals surface area (Å²) in [7, 11) is -3.55. The summed E-state index contributed by atoms with van der Waals surface area (Å²) in [6, 6.07) is -0.0574. The van der Waals surface area contributed by atoms with Crippen molar-refractivity contribution in [2.45, 2.75) is 61.6 Å². The molecular weight excluding hydrogens is 347 g/mol. The third kappa shape index (κ3) is 3.85. The van der Waals surface area contributed by atoms with Crippen LogP contribution in [0.25, 0.3) is 0 Å². The minimum absolute atomic E-state index is 0.0287. The quantitative estimate of drug-likeness (QED) is 0.719. The van der Waals surface area contributed by atoms with E-state index in [1.165, 1.54) is 4.31 Å². The molecule has 2 bridgehead atoms. The molecule has 0 spiro atoms. The molecule has 0 amide bonds. The first-order valence-corrected chi connectivity index (χ1v) is 8.93. The molecule has 0 aliphatic carbocycles. The van der Waals surface area contributed by atoms with Gasteiger partial charge in [-0.05, 0) is 32.1 Å². The first-order chi connectivity index (χ1) is 8.69. The molecule has 0 aromatic carbocycles. The van der Waals surface area contributed by atoms with Crippen molar-refractivity contribution < 1.29 is 21.6 Å². The molecule has 19 heavy (non-hydrogen) atoms. The Labute approximate surface area is 119 Å². The number of hydrogen-bond acceptors (Lipinski definition) is 2. The van der Waals surface area contributed by atoms with Crippen molar-refractivity contribution in [3.05, 3.63) is 0 Å². The van der Waals surface area contributed by atoms with E-state index >= 15 is 0 Å². The highest BCUT2D eigenvalue weighted by Gasteiger charge is 2.45. The van der Waals surface area contributed by atoms with Gasteiger partial charge in [0.15, 0.2) is 0 Å². The van der Waals surface area contributed by atoms with E-state index in [1.54, 1.807) is 0 Å². The van der Waals surface area contributed by atoms with Crippen LogP contribution in [0.4, 0.5) is 13.2 Å². The molecule has 8 heteroatoms. The monoisotopic (exact) mass is 363 g/mol. The second kappa shape index (κ2) is 5.52. The maximum atomic E-state index is 12.2. The third-order valence-electron chi connectivity index (χ3n) is 3.79. The predicted molar refractivity (Wildman–Crippen MR) is 69.7 cm³/mol. The lowest BCUT2D eigenvalue weighted by Gasteiger charge is -2.36. The average Bonchev–Trinajstić information content (AvgIpc) is 2.50. The minimum atomic E-state index is -4.28. The smallest absolute Gasteiger partial charge is 0.212 e. The summed E-state index contributed by atoms with van der Waals surface area (Å²) in [6.07, 6.45) is -2.49. The van der Waals surface area contributed by atoms with E-state index in [4.69, 9.17) is 0 Å². The molecule has 2 aliphatic heterocycles. The summed E-state index contributed by atoms with van der Waals surface area (Å²) in [5.41, 5.74) is 0. The van der Waals surface area contributed by atoms with Gasteiger partial charge in [0.05, 0.1) is 5.75 Å². The van der Waals surface area contributed by atoms with Crippen LogP contribution in [0.3, 0.4) is 0 Å². The fraction of sp³-hybridized carbons (Fsp3) is 1.00. The van der Waals surface area contributed by atoms with Gasteiger partial charge in [0, 0.05) is 23.3 Å². The summed E-state index contributed by atoms with van der Waals surface area (Å²) >= 11 is 3.51. The van der Waals surface area contributed by atoms with E-state index in [1.807, 2.05) is 0 Å². The number of fused-ring (bicyclic) bond motifs is 2. The van der Waals surface area contributed by atoms with Crippen LogP contribution in [0.5, 0.6) is 0 Å². The first-order valence-electron chi connectivity index (χ1n) is 6.41. The summed E-state index contributed by atoms with van der Waals surface area (Å²) in [6.45, 7) is 0. The number of nitrogens with zero attached hydrogens (tertiary/aromatic N) is 1. The predicted octanol–water partition coefficient (Wildman–Crippen LogP) is 3.05. The second-order valence-electron chi connectivity index (χ2n) is 5.32. The van der Waals surface area contributed by atoms with Crippen molar-refractivity contribution in [1.82, 2.24) is 4.31 Å². The van der Waals surface area contributed by atoms with Crippen molar-refractivity contribution in [2.24, 2.45) is 0 Å². The Morgan fingerprint density at radius 3 is 2.16 bits per heavy atom. The molecule has 2 rings (SSSR count). The molecule has 0 aromatic rings. The highest BCUT2D eigenvalue weighted by atomic mass is 79.9. The second-order valence-corrected chi connectivity index (χ2v) is 8.61. The molecule has 2 unspecified atom stereocenters. The average molecular weight is 364 g/mol. The Morgan fingerprint density at radius 2 is 1.68 bits per heavy atom. The summed E-state index contributed by atoms with van der Waals surface area (Å²) in [4.78, 5) is 0.326. The normalized spacial score (nSPS) is 32.7. The van der Waals surface area contributed by atoms with Gasteiger partial charge in [0.2, 0.25) is 10.0 Å². The largest absolute Gasteiger partial charge is 0.389 e. The molecule has 2 aliphatic rings. The fourth-order valence-electron chi connectivity index (χ4n) is 3.08. The highest BCUT2D eigenvalue weighted by molar-refractivity contribution is 9.09. The Balaban J connectivity index is 1.97. The summed E-state index contributed by atoms with van der Waals surface area (Å²) in [5, 5.41) is 0. The zero-order valence-corrected chi connectivity index (χ0v) is 12.8. The van der Waals surface area contributed by atoms with Crippen molar-refractivity contribution >= 4 is 26.0 Å². The van der Waals surface area contributed by atoms with Gasteiger partial charge in [0.1, 0.15) is 0 Å². The summed E-state index contributed by atoms with van der Waals surface area (Å²) in [5.74, 6) is -0.396. The first kappa shape index (κ1) is 15.6. The number of halogens is 4. The van der Waals surface area contributed by atoms with Gasteiger partial charge in [-0.1, -0.05) is 15.9 Å². The molecule has 0 saturated carbocycles. The highest BCUT2D eigenvalue weighted by Crippen LogP contribution is 2.40. The number of alkyl halides is 4. The van der Waals surface area contributed by atoms with Gasteiger partial charge < -0.3 is 0 Å². The van der Waals surface area contributed by atoms with E-state index in [0.29, 0.717) is 4.83 Å². The topological polar surface area (TPSA) is 37.4 Å². The maximum Gasteiger partial charge on any atom is 0.389 e. The van der Waals surface area contributed by atoms with E-state index in [2.05, 4.69) is 15.9 Å². The van der Waals surface area contributed by atoms with E-state index < -0.39 is 28.4 Å². The lowest BCUT2D eigenvalue weighted by atomic mass is 10.1. The maximum absolute atomic E-state index is 12.2. The zero-order valence-electron chi connectivity index (χ0n) is 10.4. The Morgan fingerprint density at radius 1 is 1.16 bits per heavy atom.